The van der Waals surface area contributed by atoms with Crippen LogP contribution in [-0.2, 0) is 6.54 Å². The average molecular weight is 346 g/mol. The molecule has 0 fully saturated rings. The van der Waals surface area contributed by atoms with Crippen molar-refractivity contribution in [2.45, 2.75) is 20.4 Å². The van der Waals surface area contributed by atoms with Crippen LogP contribution in [0.2, 0.25) is 0 Å². The van der Waals surface area contributed by atoms with Crippen molar-refractivity contribution in [2.24, 2.45) is 0 Å². The third-order valence-electron chi connectivity index (χ3n) is 4.96. The van der Waals surface area contributed by atoms with Crippen molar-refractivity contribution in [3.05, 3.63) is 81.1 Å². The Labute approximate surface area is 150 Å². The summed E-state index contributed by atoms with van der Waals surface area (Å²) in [6.45, 7) is 4.31. The molecule has 0 bridgehead atoms. The van der Waals surface area contributed by atoms with Crippen LogP contribution in [0.25, 0.3) is 10.9 Å². The molecular weight excluding hydrogens is 328 g/mol. The van der Waals surface area contributed by atoms with Gasteiger partial charge in [-0.25, -0.2) is 0 Å². The zero-order valence-electron chi connectivity index (χ0n) is 14.7. The number of aromatic nitrogens is 1. The number of benzene rings is 2. The van der Waals surface area contributed by atoms with Gasteiger partial charge in [0, 0.05) is 24.5 Å². The molecule has 0 N–H and O–H groups in total. The number of hydrogen-bond acceptors (Lipinski definition) is 3. The van der Waals surface area contributed by atoms with Crippen LogP contribution >= 0.6 is 0 Å². The number of fused-ring (bicyclic) bond motifs is 2. The number of aryl methyl sites for hydroxylation is 2. The molecule has 5 nitrogen and oxygen atoms in total. The summed E-state index contributed by atoms with van der Waals surface area (Å²) in [6.07, 6.45) is 0. The lowest BCUT2D eigenvalue weighted by Gasteiger charge is -2.18. The van der Waals surface area contributed by atoms with Crippen LogP contribution in [0.15, 0.2) is 53.3 Å². The molecule has 0 aliphatic carbocycles. The topological polar surface area (TPSA) is 59.4 Å². The normalized spacial score (nSPS) is 13.5. The lowest BCUT2D eigenvalue weighted by Crippen LogP contribution is -2.35. The highest BCUT2D eigenvalue weighted by molar-refractivity contribution is 6.21. The second kappa shape index (κ2) is 5.95. The Kier molecular flexibility index (Phi) is 3.72. The van der Waals surface area contributed by atoms with E-state index in [4.69, 9.17) is 0 Å². The maximum Gasteiger partial charge on any atom is 0.261 e. The van der Waals surface area contributed by atoms with E-state index in [9.17, 15) is 14.4 Å². The molecule has 1 aliphatic heterocycles. The summed E-state index contributed by atoms with van der Waals surface area (Å²) in [6, 6.07) is 14.3. The highest BCUT2D eigenvalue weighted by Gasteiger charge is 2.34. The van der Waals surface area contributed by atoms with Crippen molar-refractivity contribution in [2.75, 3.05) is 6.54 Å². The molecule has 1 aromatic heterocycles. The van der Waals surface area contributed by atoms with Crippen LogP contribution in [0.3, 0.4) is 0 Å². The lowest BCUT2D eigenvalue weighted by molar-refractivity contribution is 0.0649. The Morgan fingerprint density at radius 3 is 2.08 bits per heavy atom. The third-order valence-corrected chi connectivity index (χ3v) is 4.96. The van der Waals surface area contributed by atoms with E-state index in [-0.39, 0.29) is 30.5 Å². The van der Waals surface area contributed by atoms with E-state index in [0.29, 0.717) is 11.1 Å². The Balaban J connectivity index is 1.71. The van der Waals surface area contributed by atoms with E-state index in [2.05, 4.69) is 0 Å². The Hall–Kier alpha value is -3.21. The molecular formula is C21H18N2O3. The second-order valence-electron chi connectivity index (χ2n) is 6.60. The van der Waals surface area contributed by atoms with Gasteiger partial charge in [0.25, 0.3) is 17.4 Å². The Morgan fingerprint density at radius 2 is 1.42 bits per heavy atom. The summed E-state index contributed by atoms with van der Waals surface area (Å²) in [4.78, 5) is 38.8. The summed E-state index contributed by atoms with van der Waals surface area (Å²) in [7, 11) is 0. The number of rotatable bonds is 3. The molecule has 0 saturated heterocycles. The maximum atomic E-state index is 12.6. The van der Waals surface area contributed by atoms with Gasteiger partial charge in [-0.1, -0.05) is 30.3 Å². The van der Waals surface area contributed by atoms with Crippen molar-refractivity contribution < 1.29 is 9.59 Å². The Morgan fingerprint density at radius 1 is 0.769 bits per heavy atom. The summed E-state index contributed by atoms with van der Waals surface area (Å²) >= 11 is 0. The van der Waals surface area contributed by atoms with Gasteiger partial charge >= 0.3 is 0 Å². The molecule has 2 heterocycles. The quantitative estimate of drug-likeness (QED) is 0.685. The molecule has 26 heavy (non-hydrogen) atoms. The number of para-hydroxylation sites is 1. The first-order chi connectivity index (χ1) is 12.5. The summed E-state index contributed by atoms with van der Waals surface area (Å²) < 4.78 is 1.65. The molecule has 2 aromatic carbocycles. The van der Waals surface area contributed by atoms with Gasteiger partial charge < -0.3 is 4.57 Å². The van der Waals surface area contributed by atoms with E-state index in [0.717, 1.165) is 22.0 Å². The predicted molar refractivity (Wildman–Crippen MR) is 99.5 cm³/mol. The molecule has 0 unspecified atom stereocenters. The van der Waals surface area contributed by atoms with Gasteiger partial charge in [0.2, 0.25) is 0 Å². The lowest BCUT2D eigenvalue weighted by atomic mass is 10.1. The standard InChI is InChI=1S/C21H18N2O3/c1-13-6-5-9-15-14(2)12-18(24)22(19(13)15)10-11-23-20(25)16-7-3-4-8-17(16)21(23)26/h3-9,12H,10-11H2,1-2H3. The molecule has 0 radical (unpaired) electrons. The number of pyridine rings is 1. The fraction of sp³-hybridized carbons (Fsp3) is 0.190. The van der Waals surface area contributed by atoms with E-state index >= 15 is 0 Å². The Bertz CT molecular complexity index is 1090. The van der Waals surface area contributed by atoms with Gasteiger partial charge in [-0.15, -0.1) is 0 Å². The molecule has 3 aromatic rings. The summed E-state index contributed by atoms with van der Waals surface area (Å²) in [5.41, 5.74) is 3.50. The van der Waals surface area contributed by atoms with E-state index in [1.165, 1.54) is 4.90 Å². The summed E-state index contributed by atoms with van der Waals surface area (Å²) in [5.74, 6) is -0.599. The van der Waals surface area contributed by atoms with Crippen LogP contribution in [0.4, 0.5) is 0 Å². The molecule has 5 heteroatoms. The van der Waals surface area contributed by atoms with Crippen molar-refractivity contribution in [1.29, 1.82) is 0 Å². The van der Waals surface area contributed by atoms with E-state index < -0.39 is 0 Å². The average Bonchev–Trinajstić information content (AvgIpc) is 2.87. The van der Waals surface area contributed by atoms with Crippen molar-refractivity contribution in [3.8, 4) is 0 Å². The number of amides is 2. The number of carbonyl (C=O) groups excluding carboxylic acids is 2. The molecule has 0 saturated carbocycles. The van der Waals surface area contributed by atoms with Crippen LogP contribution in [0.1, 0.15) is 31.8 Å². The van der Waals surface area contributed by atoms with Crippen LogP contribution in [-0.4, -0.2) is 27.8 Å². The highest BCUT2D eigenvalue weighted by Crippen LogP contribution is 2.23. The van der Waals surface area contributed by atoms with Gasteiger partial charge in [-0.2, -0.15) is 0 Å². The largest absolute Gasteiger partial charge is 0.306 e. The van der Waals surface area contributed by atoms with Crippen LogP contribution in [0, 0.1) is 13.8 Å². The van der Waals surface area contributed by atoms with E-state index in [1.807, 2.05) is 32.0 Å². The van der Waals surface area contributed by atoms with Crippen molar-refractivity contribution in [1.82, 2.24) is 9.47 Å². The van der Waals surface area contributed by atoms with Gasteiger partial charge in [0.1, 0.15) is 0 Å². The minimum absolute atomic E-state index is 0.124. The van der Waals surface area contributed by atoms with Gasteiger partial charge in [0.15, 0.2) is 0 Å². The van der Waals surface area contributed by atoms with Gasteiger partial charge in [-0.3, -0.25) is 19.3 Å². The highest BCUT2D eigenvalue weighted by atomic mass is 16.2. The third kappa shape index (κ3) is 2.36. The summed E-state index contributed by atoms with van der Waals surface area (Å²) in [5, 5.41) is 1.01. The smallest absolute Gasteiger partial charge is 0.261 e. The SMILES string of the molecule is Cc1cc(=O)n(CCN2C(=O)c3ccccc3C2=O)c2c(C)cccc12. The van der Waals surface area contributed by atoms with Crippen LogP contribution < -0.4 is 5.56 Å². The monoisotopic (exact) mass is 346 g/mol. The van der Waals surface area contributed by atoms with Crippen LogP contribution in [0.5, 0.6) is 0 Å². The molecule has 4 rings (SSSR count). The molecule has 1 aliphatic rings. The van der Waals surface area contributed by atoms with Crippen molar-refractivity contribution in [3.63, 3.8) is 0 Å². The molecule has 130 valence electrons. The first-order valence-electron chi connectivity index (χ1n) is 8.54. The van der Waals surface area contributed by atoms with Crippen molar-refractivity contribution >= 4 is 22.7 Å². The second-order valence-corrected chi connectivity index (χ2v) is 6.60. The molecule has 2 amide bonds. The number of imide groups is 1. The zero-order valence-corrected chi connectivity index (χ0v) is 14.7. The fourth-order valence-corrected chi connectivity index (χ4v) is 3.65. The maximum absolute atomic E-state index is 12.6. The number of hydrogen-bond donors (Lipinski definition) is 0. The molecule has 0 spiro atoms. The van der Waals surface area contributed by atoms with Gasteiger partial charge in [0.05, 0.1) is 16.6 Å². The first kappa shape index (κ1) is 16.3. The van der Waals surface area contributed by atoms with E-state index in [1.54, 1.807) is 34.9 Å². The minimum Gasteiger partial charge on any atom is -0.306 e. The minimum atomic E-state index is -0.299. The molecule has 0 atom stereocenters. The first-order valence-corrected chi connectivity index (χ1v) is 8.54. The fourth-order valence-electron chi connectivity index (χ4n) is 3.65. The predicted octanol–water partition coefficient (Wildman–Crippen LogP) is 2.91. The zero-order chi connectivity index (χ0) is 18.4. The number of carbonyl (C=O) groups is 2. The van der Waals surface area contributed by atoms with Gasteiger partial charge in [-0.05, 0) is 37.1 Å². The number of nitrogens with zero attached hydrogens (tertiary/aromatic N) is 2.